The van der Waals surface area contributed by atoms with Gasteiger partial charge in [0, 0.05) is 9.85 Å². The van der Waals surface area contributed by atoms with Gasteiger partial charge in [-0.3, -0.25) is 0 Å². The monoisotopic (exact) mass is 313 g/mol. The molecule has 1 atom stereocenters. The molecular weight excluding hydrogens is 301 g/mol. The number of benzene rings is 1. The predicted molar refractivity (Wildman–Crippen MR) is 73.9 cm³/mol. The van der Waals surface area contributed by atoms with Gasteiger partial charge in [0.1, 0.15) is 5.82 Å². The normalized spacial score (nSPS) is 12.6. The topological polar surface area (TPSA) is 12.0 Å². The number of halogens is 2. The van der Waals surface area contributed by atoms with Gasteiger partial charge in [-0.2, -0.15) is 11.3 Å². The van der Waals surface area contributed by atoms with Crippen LogP contribution in [-0.4, -0.2) is 6.54 Å². The molecule has 0 fully saturated rings. The molecule has 1 unspecified atom stereocenters. The van der Waals surface area contributed by atoms with Crippen molar-refractivity contribution in [3.8, 4) is 0 Å². The Hall–Kier alpha value is -0.710. The van der Waals surface area contributed by atoms with Crippen molar-refractivity contribution in [2.45, 2.75) is 13.0 Å². The molecule has 1 N–H and O–H groups in total. The van der Waals surface area contributed by atoms with E-state index in [-0.39, 0.29) is 11.9 Å². The lowest BCUT2D eigenvalue weighted by Gasteiger charge is -2.18. The van der Waals surface area contributed by atoms with Crippen molar-refractivity contribution in [3.05, 3.63) is 56.4 Å². The first-order chi connectivity index (χ1) is 8.22. The zero-order chi connectivity index (χ0) is 12.3. The van der Waals surface area contributed by atoms with Crippen molar-refractivity contribution in [1.29, 1.82) is 0 Å². The number of thiophene rings is 1. The van der Waals surface area contributed by atoms with Gasteiger partial charge in [0.25, 0.3) is 0 Å². The van der Waals surface area contributed by atoms with Gasteiger partial charge in [0.05, 0.1) is 6.04 Å². The van der Waals surface area contributed by atoms with E-state index < -0.39 is 0 Å². The van der Waals surface area contributed by atoms with E-state index in [0.717, 1.165) is 22.1 Å². The molecule has 1 heterocycles. The first-order valence-corrected chi connectivity index (χ1v) is 7.16. The van der Waals surface area contributed by atoms with E-state index in [2.05, 4.69) is 26.6 Å². The molecule has 17 heavy (non-hydrogen) atoms. The molecule has 0 aliphatic carbocycles. The van der Waals surface area contributed by atoms with Crippen LogP contribution in [0.25, 0.3) is 0 Å². The van der Waals surface area contributed by atoms with Gasteiger partial charge in [-0.25, -0.2) is 4.39 Å². The summed E-state index contributed by atoms with van der Waals surface area (Å²) in [6.07, 6.45) is 0. The highest BCUT2D eigenvalue weighted by atomic mass is 79.9. The zero-order valence-electron chi connectivity index (χ0n) is 9.41. The second-order valence-electron chi connectivity index (χ2n) is 3.72. The molecule has 0 saturated heterocycles. The van der Waals surface area contributed by atoms with Crippen molar-refractivity contribution in [3.63, 3.8) is 0 Å². The summed E-state index contributed by atoms with van der Waals surface area (Å²) in [5.74, 6) is -0.197. The van der Waals surface area contributed by atoms with Crippen LogP contribution in [0.5, 0.6) is 0 Å². The first kappa shape index (κ1) is 12.7. The maximum Gasteiger partial charge on any atom is 0.123 e. The minimum atomic E-state index is -0.197. The molecule has 0 radical (unpaired) electrons. The molecule has 0 aliphatic heterocycles. The van der Waals surface area contributed by atoms with Crippen LogP contribution in [0.4, 0.5) is 4.39 Å². The standard InChI is InChI=1S/C13H13BrFNS/c1-2-16-13(11-7-17-8-12(11)14)9-4-3-5-10(15)6-9/h3-8,13,16H,2H2,1H3. The van der Waals surface area contributed by atoms with E-state index in [4.69, 9.17) is 0 Å². The number of rotatable bonds is 4. The Labute approximate surface area is 113 Å². The molecule has 0 bridgehead atoms. The van der Waals surface area contributed by atoms with Crippen LogP contribution in [0.2, 0.25) is 0 Å². The maximum absolute atomic E-state index is 13.3. The van der Waals surface area contributed by atoms with E-state index in [0.29, 0.717) is 0 Å². The molecule has 0 aliphatic rings. The minimum Gasteiger partial charge on any atom is -0.306 e. The predicted octanol–water partition coefficient (Wildman–Crippen LogP) is 4.35. The van der Waals surface area contributed by atoms with Crippen LogP contribution >= 0.6 is 27.3 Å². The number of hydrogen-bond donors (Lipinski definition) is 1. The summed E-state index contributed by atoms with van der Waals surface area (Å²) in [6, 6.07) is 6.78. The SMILES string of the molecule is CCNC(c1cccc(F)c1)c1cscc1Br. The number of hydrogen-bond acceptors (Lipinski definition) is 2. The van der Waals surface area contributed by atoms with E-state index >= 15 is 0 Å². The average Bonchev–Trinajstić information content (AvgIpc) is 2.72. The van der Waals surface area contributed by atoms with Crippen LogP contribution < -0.4 is 5.32 Å². The average molecular weight is 314 g/mol. The maximum atomic E-state index is 13.3. The fourth-order valence-corrected chi connectivity index (χ4v) is 3.35. The van der Waals surface area contributed by atoms with Gasteiger partial charge in [-0.1, -0.05) is 19.1 Å². The Kier molecular flexibility index (Phi) is 4.31. The fraction of sp³-hybridized carbons (Fsp3) is 0.231. The van der Waals surface area contributed by atoms with Crippen LogP contribution in [0.1, 0.15) is 24.1 Å². The van der Waals surface area contributed by atoms with Gasteiger partial charge < -0.3 is 5.32 Å². The van der Waals surface area contributed by atoms with Gasteiger partial charge in [0.15, 0.2) is 0 Å². The summed E-state index contributed by atoms with van der Waals surface area (Å²) in [6.45, 7) is 2.88. The van der Waals surface area contributed by atoms with Crippen molar-refractivity contribution in [2.24, 2.45) is 0 Å². The highest BCUT2D eigenvalue weighted by molar-refractivity contribution is 9.10. The van der Waals surface area contributed by atoms with E-state index in [1.54, 1.807) is 23.5 Å². The molecule has 2 rings (SSSR count). The summed E-state index contributed by atoms with van der Waals surface area (Å²) in [5.41, 5.74) is 2.11. The van der Waals surface area contributed by atoms with Crippen molar-refractivity contribution in [2.75, 3.05) is 6.54 Å². The molecular formula is C13H13BrFNS. The number of nitrogens with one attached hydrogen (secondary N) is 1. The quantitative estimate of drug-likeness (QED) is 0.885. The molecule has 0 spiro atoms. The molecule has 1 nitrogen and oxygen atoms in total. The Morgan fingerprint density at radius 2 is 2.24 bits per heavy atom. The lowest BCUT2D eigenvalue weighted by Crippen LogP contribution is -2.21. The highest BCUT2D eigenvalue weighted by Gasteiger charge is 2.16. The van der Waals surface area contributed by atoms with Crippen molar-refractivity contribution >= 4 is 27.3 Å². The first-order valence-electron chi connectivity index (χ1n) is 5.42. The summed E-state index contributed by atoms with van der Waals surface area (Å²) >= 11 is 5.17. The summed E-state index contributed by atoms with van der Waals surface area (Å²) in [5, 5.41) is 7.51. The van der Waals surface area contributed by atoms with Gasteiger partial charge in [-0.05, 0) is 51.1 Å². The van der Waals surface area contributed by atoms with Gasteiger partial charge in [0.2, 0.25) is 0 Å². The smallest absolute Gasteiger partial charge is 0.123 e. The van der Waals surface area contributed by atoms with E-state index in [1.165, 1.54) is 6.07 Å². The zero-order valence-corrected chi connectivity index (χ0v) is 11.8. The van der Waals surface area contributed by atoms with Crippen LogP contribution in [0.3, 0.4) is 0 Å². The second kappa shape index (κ2) is 5.76. The van der Waals surface area contributed by atoms with Crippen molar-refractivity contribution < 1.29 is 4.39 Å². The molecule has 1 aromatic carbocycles. The third kappa shape index (κ3) is 2.94. The second-order valence-corrected chi connectivity index (χ2v) is 5.32. The minimum absolute atomic E-state index is 0.0383. The van der Waals surface area contributed by atoms with Crippen LogP contribution in [0.15, 0.2) is 39.5 Å². The molecule has 1 aromatic heterocycles. The van der Waals surface area contributed by atoms with Crippen molar-refractivity contribution in [1.82, 2.24) is 5.32 Å². The summed E-state index contributed by atoms with van der Waals surface area (Å²) in [4.78, 5) is 0. The Balaban J connectivity index is 2.39. The van der Waals surface area contributed by atoms with E-state index in [9.17, 15) is 4.39 Å². The van der Waals surface area contributed by atoms with Gasteiger partial charge >= 0.3 is 0 Å². The van der Waals surface area contributed by atoms with E-state index in [1.807, 2.05) is 18.4 Å². The van der Waals surface area contributed by atoms with Crippen LogP contribution in [-0.2, 0) is 0 Å². The fourth-order valence-electron chi connectivity index (χ4n) is 1.79. The molecule has 0 amide bonds. The Morgan fingerprint density at radius 3 is 2.82 bits per heavy atom. The summed E-state index contributed by atoms with van der Waals surface area (Å²) < 4.78 is 14.3. The summed E-state index contributed by atoms with van der Waals surface area (Å²) in [7, 11) is 0. The Morgan fingerprint density at radius 1 is 1.41 bits per heavy atom. The lowest BCUT2D eigenvalue weighted by atomic mass is 10.0. The van der Waals surface area contributed by atoms with Gasteiger partial charge in [-0.15, -0.1) is 0 Å². The molecule has 0 saturated carbocycles. The molecule has 4 heteroatoms. The third-order valence-corrected chi connectivity index (χ3v) is 4.30. The molecule has 2 aromatic rings. The third-order valence-electron chi connectivity index (χ3n) is 2.54. The largest absolute Gasteiger partial charge is 0.306 e. The Bertz CT molecular complexity index is 498. The molecule has 90 valence electrons. The van der Waals surface area contributed by atoms with Crippen LogP contribution in [0, 0.1) is 5.82 Å². The lowest BCUT2D eigenvalue weighted by molar-refractivity contribution is 0.603. The highest BCUT2D eigenvalue weighted by Crippen LogP contribution is 2.31.